The second-order valence-corrected chi connectivity index (χ2v) is 6.56. The Balaban J connectivity index is 1.67. The lowest BCUT2D eigenvalue weighted by molar-refractivity contribution is -0.138. The molecule has 0 fully saturated rings. The summed E-state index contributed by atoms with van der Waals surface area (Å²) < 4.78 is 0. The molecule has 0 saturated carbocycles. The van der Waals surface area contributed by atoms with Crippen LogP contribution in [0.15, 0.2) is 36.4 Å². The van der Waals surface area contributed by atoms with Crippen molar-refractivity contribution in [3.8, 4) is 0 Å². The van der Waals surface area contributed by atoms with Crippen LogP contribution in [0.4, 0.5) is 0 Å². The van der Waals surface area contributed by atoms with Crippen LogP contribution in [0.5, 0.6) is 0 Å². The average molecular weight is 315 g/mol. The van der Waals surface area contributed by atoms with Crippen molar-refractivity contribution in [1.29, 1.82) is 0 Å². The largest absolute Gasteiger partial charge is 0.481 e. The first-order chi connectivity index (χ1) is 10.6. The summed E-state index contributed by atoms with van der Waals surface area (Å²) in [6.45, 7) is 0.0980. The van der Waals surface area contributed by atoms with Crippen LogP contribution in [-0.2, 0) is 17.6 Å². The van der Waals surface area contributed by atoms with Crippen LogP contribution in [0.25, 0.3) is 0 Å². The fraction of sp³-hybridized carbons (Fsp3) is 0.294. The van der Waals surface area contributed by atoms with E-state index in [4.69, 9.17) is 0 Å². The molecule has 22 heavy (non-hydrogen) atoms. The van der Waals surface area contributed by atoms with Crippen LogP contribution in [-0.4, -0.2) is 23.5 Å². The molecule has 2 aromatic rings. The van der Waals surface area contributed by atoms with Crippen molar-refractivity contribution in [3.05, 3.63) is 57.3 Å². The highest BCUT2D eigenvalue weighted by atomic mass is 32.1. The molecule has 1 atom stereocenters. The van der Waals surface area contributed by atoms with Gasteiger partial charge in [-0.2, -0.15) is 0 Å². The van der Waals surface area contributed by atoms with Crippen LogP contribution < -0.4 is 5.32 Å². The predicted octanol–water partition coefficient (Wildman–Crippen LogP) is 2.84. The van der Waals surface area contributed by atoms with Crippen LogP contribution in [0.1, 0.15) is 38.0 Å². The van der Waals surface area contributed by atoms with E-state index in [-0.39, 0.29) is 12.5 Å². The summed E-state index contributed by atoms with van der Waals surface area (Å²) in [6.07, 6.45) is 3.26. The minimum Gasteiger partial charge on any atom is -0.481 e. The third kappa shape index (κ3) is 3.04. The average Bonchev–Trinajstić information content (AvgIpc) is 3.09. The number of carboxylic acid groups (broad SMARTS) is 1. The van der Waals surface area contributed by atoms with E-state index >= 15 is 0 Å². The van der Waals surface area contributed by atoms with Gasteiger partial charge in [-0.3, -0.25) is 9.59 Å². The number of aryl methyl sites for hydroxylation is 2. The van der Waals surface area contributed by atoms with Gasteiger partial charge in [-0.05, 0) is 36.5 Å². The van der Waals surface area contributed by atoms with Gasteiger partial charge in [-0.1, -0.05) is 30.3 Å². The fourth-order valence-electron chi connectivity index (χ4n) is 2.76. The summed E-state index contributed by atoms with van der Waals surface area (Å²) in [4.78, 5) is 25.6. The second kappa shape index (κ2) is 6.32. The first kappa shape index (κ1) is 14.8. The van der Waals surface area contributed by atoms with Gasteiger partial charge >= 0.3 is 5.97 Å². The maximum atomic E-state index is 12.2. The molecule has 4 nitrogen and oxygen atoms in total. The van der Waals surface area contributed by atoms with E-state index in [1.54, 1.807) is 24.3 Å². The molecule has 0 radical (unpaired) electrons. The molecule has 1 aromatic carbocycles. The van der Waals surface area contributed by atoms with E-state index < -0.39 is 11.9 Å². The van der Waals surface area contributed by atoms with Crippen molar-refractivity contribution >= 4 is 23.2 Å². The number of carbonyl (C=O) groups is 2. The number of nitrogens with one attached hydrogen (secondary N) is 1. The van der Waals surface area contributed by atoms with Gasteiger partial charge in [-0.25, -0.2) is 0 Å². The Bertz CT molecular complexity index is 672. The highest BCUT2D eigenvalue weighted by Crippen LogP contribution is 2.30. The number of hydrogen-bond donors (Lipinski definition) is 2. The molecule has 2 N–H and O–H groups in total. The van der Waals surface area contributed by atoms with E-state index in [1.807, 2.05) is 12.1 Å². The van der Waals surface area contributed by atoms with E-state index in [1.165, 1.54) is 21.8 Å². The number of carbonyl (C=O) groups excluding carboxylic acids is 1. The second-order valence-electron chi connectivity index (χ2n) is 5.42. The Hall–Kier alpha value is -2.14. The molecule has 3 rings (SSSR count). The summed E-state index contributed by atoms with van der Waals surface area (Å²) in [6, 6.07) is 10.9. The summed E-state index contributed by atoms with van der Waals surface area (Å²) in [7, 11) is 0. The van der Waals surface area contributed by atoms with Gasteiger partial charge in [0.15, 0.2) is 0 Å². The Morgan fingerprint density at radius 2 is 2.00 bits per heavy atom. The molecule has 1 aromatic heterocycles. The molecule has 0 aliphatic heterocycles. The molecule has 1 amide bonds. The summed E-state index contributed by atoms with van der Waals surface area (Å²) in [5.74, 6) is -1.83. The molecule has 1 heterocycles. The van der Waals surface area contributed by atoms with Crippen molar-refractivity contribution in [2.75, 3.05) is 6.54 Å². The monoisotopic (exact) mass is 315 g/mol. The lowest BCUT2D eigenvalue weighted by Crippen LogP contribution is -2.31. The number of amides is 1. The lowest BCUT2D eigenvalue weighted by Gasteiger charge is -2.13. The van der Waals surface area contributed by atoms with E-state index in [0.29, 0.717) is 10.4 Å². The topological polar surface area (TPSA) is 66.4 Å². The zero-order valence-corrected chi connectivity index (χ0v) is 12.9. The molecular formula is C17H17NO3S. The standard InChI is InChI=1S/C17H17NO3S/c19-16(15-9-12-7-4-8-14(12)22-15)18-10-13(17(20)21)11-5-2-1-3-6-11/h1-3,5-6,9,13H,4,7-8,10H2,(H,18,19)(H,20,21). The smallest absolute Gasteiger partial charge is 0.312 e. The predicted molar refractivity (Wildman–Crippen MR) is 85.5 cm³/mol. The number of carboxylic acids is 1. The van der Waals surface area contributed by atoms with E-state index in [0.717, 1.165) is 19.3 Å². The number of hydrogen-bond acceptors (Lipinski definition) is 3. The Labute approximate surface area is 132 Å². The van der Waals surface area contributed by atoms with Crippen LogP contribution in [0.3, 0.4) is 0 Å². The third-order valence-corrected chi connectivity index (χ3v) is 5.17. The third-order valence-electron chi connectivity index (χ3n) is 3.94. The van der Waals surface area contributed by atoms with Gasteiger partial charge < -0.3 is 10.4 Å². The van der Waals surface area contributed by atoms with Crippen LogP contribution >= 0.6 is 11.3 Å². The maximum absolute atomic E-state index is 12.2. The van der Waals surface area contributed by atoms with E-state index in [2.05, 4.69) is 5.32 Å². The number of fused-ring (bicyclic) bond motifs is 1. The van der Waals surface area contributed by atoms with Crippen molar-refractivity contribution in [2.45, 2.75) is 25.2 Å². The van der Waals surface area contributed by atoms with Crippen molar-refractivity contribution in [3.63, 3.8) is 0 Å². The van der Waals surface area contributed by atoms with Gasteiger partial charge in [0.1, 0.15) is 0 Å². The van der Waals surface area contributed by atoms with Crippen LogP contribution in [0.2, 0.25) is 0 Å². The lowest BCUT2D eigenvalue weighted by atomic mass is 9.99. The molecule has 5 heteroatoms. The molecule has 0 spiro atoms. The summed E-state index contributed by atoms with van der Waals surface area (Å²) in [5, 5.41) is 12.1. The number of benzene rings is 1. The minimum atomic E-state index is -0.930. The van der Waals surface area contributed by atoms with E-state index in [9.17, 15) is 14.7 Å². The van der Waals surface area contributed by atoms with Crippen molar-refractivity contribution < 1.29 is 14.7 Å². The maximum Gasteiger partial charge on any atom is 0.312 e. The van der Waals surface area contributed by atoms with Gasteiger partial charge in [0, 0.05) is 11.4 Å². The molecule has 0 saturated heterocycles. The number of thiophene rings is 1. The summed E-state index contributed by atoms with van der Waals surface area (Å²) in [5.41, 5.74) is 1.97. The molecule has 1 aliphatic rings. The van der Waals surface area contributed by atoms with Crippen molar-refractivity contribution in [2.24, 2.45) is 0 Å². The molecule has 1 unspecified atom stereocenters. The van der Waals surface area contributed by atoms with Gasteiger partial charge in [0.2, 0.25) is 0 Å². The molecular weight excluding hydrogens is 298 g/mol. The van der Waals surface area contributed by atoms with Crippen LogP contribution in [0, 0.1) is 0 Å². The fourth-order valence-corrected chi connectivity index (χ4v) is 3.93. The zero-order valence-electron chi connectivity index (χ0n) is 12.0. The Kier molecular flexibility index (Phi) is 4.24. The van der Waals surface area contributed by atoms with Gasteiger partial charge in [-0.15, -0.1) is 11.3 Å². The minimum absolute atomic E-state index is 0.0980. The molecule has 0 bridgehead atoms. The highest BCUT2D eigenvalue weighted by molar-refractivity contribution is 7.14. The SMILES string of the molecule is O=C(NCC(C(=O)O)c1ccccc1)c1cc2c(s1)CCC2. The quantitative estimate of drug-likeness (QED) is 0.891. The van der Waals surface area contributed by atoms with Gasteiger partial charge in [0.05, 0.1) is 10.8 Å². The summed E-state index contributed by atoms with van der Waals surface area (Å²) >= 11 is 1.53. The molecule has 1 aliphatic carbocycles. The normalized spacial score (nSPS) is 14.4. The first-order valence-corrected chi connectivity index (χ1v) is 8.14. The number of rotatable bonds is 5. The Morgan fingerprint density at radius 3 is 2.68 bits per heavy atom. The molecule has 114 valence electrons. The first-order valence-electron chi connectivity index (χ1n) is 7.32. The zero-order chi connectivity index (χ0) is 15.5. The number of aliphatic carboxylic acids is 1. The van der Waals surface area contributed by atoms with Gasteiger partial charge in [0.25, 0.3) is 5.91 Å². The Morgan fingerprint density at radius 1 is 1.23 bits per heavy atom. The highest BCUT2D eigenvalue weighted by Gasteiger charge is 2.22. The van der Waals surface area contributed by atoms with Crippen molar-refractivity contribution in [1.82, 2.24) is 5.32 Å².